The van der Waals surface area contributed by atoms with Gasteiger partial charge in [-0.25, -0.2) is 22.3 Å². The van der Waals surface area contributed by atoms with Crippen molar-refractivity contribution < 1.29 is 8.42 Å². The van der Waals surface area contributed by atoms with E-state index in [-0.39, 0.29) is 17.1 Å². The van der Waals surface area contributed by atoms with Crippen LogP contribution in [0.5, 0.6) is 0 Å². The summed E-state index contributed by atoms with van der Waals surface area (Å²) in [7, 11) is -3.57. The lowest BCUT2D eigenvalue weighted by molar-refractivity contribution is 0.443. The molecule has 7 nitrogen and oxygen atoms in total. The molecule has 3 heterocycles. The van der Waals surface area contributed by atoms with Gasteiger partial charge in [-0.15, -0.1) is 11.7 Å². The van der Waals surface area contributed by atoms with Gasteiger partial charge >= 0.3 is 5.69 Å². The Morgan fingerprint density at radius 3 is 2.73 bits per heavy atom. The molecule has 0 N–H and O–H groups in total. The second-order valence-corrected chi connectivity index (χ2v) is 8.03. The number of nitrogens with zero attached hydrogens (tertiary/aromatic N) is 4. The van der Waals surface area contributed by atoms with Crippen molar-refractivity contribution in [2.45, 2.75) is 11.4 Å². The predicted molar refractivity (Wildman–Crippen MR) is 85.7 cm³/mol. The van der Waals surface area contributed by atoms with Gasteiger partial charge in [0.25, 0.3) is 0 Å². The molecule has 0 radical (unpaired) electrons. The maximum Gasteiger partial charge on any atom is 0.350 e. The van der Waals surface area contributed by atoms with Crippen LogP contribution in [0.25, 0.3) is 5.65 Å². The standard InChI is InChI=1S/C13H16N4O3S2/c1-2-5-17-13(18)16-10-11(3-4-12(16)14-17)22(19,20)15-6-8-21-9-7-15/h2-4,10H,1,5-9H2. The van der Waals surface area contributed by atoms with Crippen LogP contribution < -0.4 is 5.69 Å². The van der Waals surface area contributed by atoms with Gasteiger partial charge in [-0.05, 0) is 12.1 Å². The zero-order valence-electron chi connectivity index (χ0n) is 11.9. The molecule has 0 spiro atoms. The molecule has 9 heteroatoms. The van der Waals surface area contributed by atoms with Crippen LogP contribution in [-0.2, 0) is 16.6 Å². The Bertz CT molecular complexity index is 863. The predicted octanol–water partition coefficient (Wildman–Crippen LogP) is 0.419. The normalized spacial score (nSPS) is 16.9. The van der Waals surface area contributed by atoms with E-state index in [4.69, 9.17) is 0 Å². The molecule has 0 unspecified atom stereocenters. The van der Waals surface area contributed by atoms with E-state index in [9.17, 15) is 13.2 Å². The molecule has 1 aliphatic heterocycles. The number of sulfonamides is 1. The van der Waals surface area contributed by atoms with Crippen LogP contribution in [0.4, 0.5) is 0 Å². The van der Waals surface area contributed by atoms with Gasteiger partial charge in [0.05, 0.1) is 11.4 Å². The van der Waals surface area contributed by atoms with Crippen LogP contribution in [-0.4, -0.2) is 51.5 Å². The molecule has 3 rings (SSSR count). The first-order valence-corrected chi connectivity index (χ1v) is 9.41. The molecule has 2 aromatic rings. The highest BCUT2D eigenvalue weighted by atomic mass is 32.2. The van der Waals surface area contributed by atoms with Crippen molar-refractivity contribution in [2.75, 3.05) is 24.6 Å². The highest BCUT2D eigenvalue weighted by Crippen LogP contribution is 2.20. The molecule has 0 aliphatic carbocycles. The number of hydrogen-bond acceptors (Lipinski definition) is 5. The summed E-state index contributed by atoms with van der Waals surface area (Å²) < 4.78 is 29.2. The van der Waals surface area contributed by atoms with Crippen LogP contribution in [0, 0.1) is 0 Å². The van der Waals surface area contributed by atoms with Crippen LogP contribution in [0.3, 0.4) is 0 Å². The summed E-state index contributed by atoms with van der Waals surface area (Å²) in [6.07, 6.45) is 2.91. The van der Waals surface area contributed by atoms with E-state index in [1.807, 2.05) is 0 Å². The average Bonchev–Trinajstić information content (AvgIpc) is 2.84. The lowest BCUT2D eigenvalue weighted by Gasteiger charge is -2.25. The van der Waals surface area contributed by atoms with Crippen molar-refractivity contribution in [2.24, 2.45) is 0 Å². The van der Waals surface area contributed by atoms with E-state index in [1.165, 1.54) is 25.7 Å². The van der Waals surface area contributed by atoms with Gasteiger partial charge in [-0.1, -0.05) is 6.08 Å². The van der Waals surface area contributed by atoms with E-state index in [1.54, 1.807) is 23.9 Å². The zero-order chi connectivity index (χ0) is 15.7. The first-order valence-electron chi connectivity index (χ1n) is 6.82. The molecule has 1 fully saturated rings. The fraction of sp³-hybridized carbons (Fsp3) is 0.385. The van der Waals surface area contributed by atoms with E-state index < -0.39 is 10.0 Å². The first kappa shape index (κ1) is 15.3. The minimum absolute atomic E-state index is 0.118. The number of allylic oxidation sites excluding steroid dienone is 1. The van der Waals surface area contributed by atoms with Crippen molar-refractivity contribution >= 4 is 27.4 Å². The maximum atomic E-state index is 12.6. The van der Waals surface area contributed by atoms with Crippen molar-refractivity contribution in [3.8, 4) is 0 Å². The maximum absolute atomic E-state index is 12.6. The Morgan fingerprint density at radius 2 is 2.05 bits per heavy atom. The topological polar surface area (TPSA) is 76.7 Å². The quantitative estimate of drug-likeness (QED) is 0.754. The van der Waals surface area contributed by atoms with Crippen molar-refractivity contribution in [3.63, 3.8) is 0 Å². The molecular formula is C13H16N4O3S2. The van der Waals surface area contributed by atoms with Gasteiger partial charge in [0.15, 0.2) is 5.65 Å². The monoisotopic (exact) mass is 340 g/mol. The molecule has 0 amide bonds. The molecule has 118 valence electrons. The number of hydrogen-bond donors (Lipinski definition) is 0. The lowest BCUT2D eigenvalue weighted by Crippen LogP contribution is -2.38. The van der Waals surface area contributed by atoms with Gasteiger partial charge in [0, 0.05) is 30.8 Å². The molecule has 1 aliphatic rings. The van der Waals surface area contributed by atoms with Crippen molar-refractivity contribution in [1.82, 2.24) is 18.5 Å². The Kier molecular flexibility index (Phi) is 4.11. The fourth-order valence-electron chi connectivity index (χ4n) is 2.33. The Labute approximate surface area is 132 Å². The third-order valence-corrected chi connectivity index (χ3v) is 6.28. The van der Waals surface area contributed by atoms with E-state index >= 15 is 0 Å². The third kappa shape index (κ3) is 2.59. The second-order valence-electron chi connectivity index (χ2n) is 4.86. The largest absolute Gasteiger partial charge is 0.350 e. The summed E-state index contributed by atoms with van der Waals surface area (Å²) >= 11 is 1.74. The molecule has 2 aromatic heterocycles. The molecule has 0 bridgehead atoms. The van der Waals surface area contributed by atoms with E-state index in [2.05, 4.69) is 11.7 Å². The van der Waals surface area contributed by atoms with Crippen LogP contribution >= 0.6 is 11.8 Å². The van der Waals surface area contributed by atoms with E-state index in [0.29, 0.717) is 18.7 Å². The third-order valence-electron chi connectivity index (χ3n) is 3.46. The summed E-state index contributed by atoms with van der Waals surface area (Å²) in [5, 5.41) is 4.12. The molecule has 22 heavy (non-hydrogen) atoms. The zero-order valence-corrected chi connectivity index (χ0v) is 13.5. The van der Waals surface area contributed by atoms with Crippen LogP contribution in [0.2, 0.25) is 0 Å². The van der Waals surface area contributed by atoms with Gasteiger partial charge in [-0.3, -0.25) is 0 Å². The fourth-order valence-corrected chi connectivity index (χ4v) is 4.90. The summed E-state index contributed by atoms with van der Waals surface area (Å²) in [6.45, 7) is 4.85. The van der Waals surface area contributed by atoms with Gasteiger partial charge in [0.1, 0.15) is 0 Å². The smallest absolute Gasteiger partial charge is 0.249 e. The summed E-state index contributed by atoms with van der Waals surface area (Å²) in [5.74, 6) is 1.58. The number of pyridine rings is 1. The molecule has 0 saturated carbocycles. The minimum Gasteiger partial charge on any atom is -0.249 e. The number of fused-ring (bicyclic) bond motifs is 1. The Morgan fingerprint density at radius 1 is 1.32 bits per heavy atom. The SMILES string of the molecule is C=CCn1nc2ccc(S(=O)(=O)N3CCSCC3)cn2c1=O. The van der Waals surface area contributed by atoms with Gasteiger partial charge in [0.2, 0.25) is 10.0 Å². The van der Waals surface area contributed by atoms with Gasteiger partial charge < -0.3 is 0 Å². The second kappa shape index (κ2) is 5.90. The Balaban J connectivity index is 2.06. The molecular weight excluding hydrogens is 324 g/mol. The molecule has 0 atom stereocenters. The summed E-state index contributed by atoms with van der Waals surface area (Å²) in [5.41, 5.74) is 0.0427. The number of aromatic nitrogens is 3. The molecule has 1 saturated heterocycles. The Hall–Kier alpha value is -1.58. The highest BCUT2D eigenvalue weighted by Gasteiger charge is 2.26. The van der Waals surface area contributed by atoms with Crippen molar-refractivity contribution in [3.05, 3.63) is 41.5 Å². The highest BCUT2D eigenvalue weighted by molar-refractivity contribution is 7.99. The van der Waals surface area contributed by atoms with Crippen LogP contribution in [0.15, 0.2) is 40.7 Å². The van der Waals surface area contributed by atoms with Crippen molar-refractivity contribution in [1.29, 1.82) is 0 Å². The van der Waals surface area contributed by atoms with E-state index in [0.717, 1.165) is 11.5 Å². The summed E-state index contributed by atoms with van der Waals surface area (Å²) in [4.78, 5) is 12.3. The van der Waals surface area contributed by atoms with Crippen LogP contribution in [0.1, 0.15) is 0 Å². The summed E-state index contributed by atoms with van der Waals surface area (Å²) in [6, 6.07) is 3.05. The molecule has 0 aromatic carbocycles. The minimum atomic E-state index is -3.57. The number of thioether (sulfide) groups is 1. The number of rotatable bonds is 4. The first-order chi connectivity index (χ1) is 10.5. The lowest BCUT2D eigenvalue weighted by atomic mass is 10.5. The van der Waals surface area contributed by atoms with Gasteiger partial charge in [-0.2, -0.15) is 16.1 Å². The average molecular weight is 340 g/mol.